The van der Waals surface area contributed by atoms with Gasteiger partial charge in [-0.3, -0.25) is 0 Å². The van der Waals surface area contributed by atoms with E-state index < -0.39 is 6.10 Å². The van der Waals surface area contributed by atoms with Gasteiger partial charge in [0.15, 0.2) is 6.10 Å². The van der Waals surface area contributed by atoms with Gasteiger partial charge in [0.1, 0.15) is 12.4 Å². The first-order valence-corrected chi connectivity index (χ1v) is 5.42. The molecule has 1 aromatic heterocycles. The molecule has 1 unspecified atom stereocenters. The third-order valence-electron chi connectivity index (χ3n) is 2.68. The van der Waals surface area contributed by atoms with Gasteiger partial charge in [-0.2, -0.15) is 0 Å². The smallest absolute Gasteiger partial charge is 0.290 e. The summed E-state index contributed by atoms with van der Waals surface area (Å²) in [6.07, 6.45) is 3.09. The van der Waals surface area contributed by atoms with Crippen LogP contribution in [-0.4, -0.2) is 9.67 Å². The molecule has 16 heavy (non-hydrogen) atoms. The van der Waals surface area contributed by atoms with Crippen molar-refractivity contribution in [2.75, 3.05) is 0 Å². The largest absolute Gasteiger partial charge is 0.376 e. The van der Waals surface area contributed by atoms with Crippen molar-refractivity contribution in [1.29, 1.82) is 0 Å². The summed E-state index contributed by atoms with van der Waals surface area (Å²) < 4.78 is 3.77. The van der Waals surface area contributed by atoms with Crippen LogP contribution in [0.4, 0.5) is 0 Å². The Hall–Kier alpha value is -1.32. The van der Waals surface area contributed by atoms with E-state index in [1.807, 2.05) is 53.8 Å². The average Bonchev–Trinajstić information content (AvgIpc) is 2.58. The first-order chi connectivity index (χ1) is 7.61. The molecule has 3 nitrogen and oxygen atoms in total. The molecule has 2 rings (SSSR count). The summed E-state index contributed by atoms with van der Waals surface area (Å²) in [4.78, 5) is 0. The van der Waals surface area contributed by atoms with Gasteiger partial charge in [0, 0.05) is 10.6 Å². The molecule has 1 N–H and O–H groups in total. The lowest BCUT2D eigenvalue weighted by molar-refractivity contribution is -0.681. The molecule has 1 atom stereocenters. The molecule has 0 fully saturated rings. The molecule has 1 heterocycles. The summed E-state index contributed by atoms with van der Waals surface area (Å²) in [5, 5.41) is 10.9. The second-order valence-corrected chi connectivity index (χ2v) is 4.21. The van der Waals surface area contributed by atoms with Gasteiger partial charge in [0.2, 0.25) is 0 Å². The van der Waals surface area contributed by atoms with Crippen LogP contribution in [0.1, 0.15) is 17.5 Å². The van der Waals surface area contributed by atoms with Gasteiger partial charge >= 0.3 is 0 Å². The maximum atomic E-state index is 10.3. The van der Waals surface area contributed by atoms with Crippen LogP contribution in [0.25, 0.3) is 0 Å². The molecule has 2 aromatic rings. The number of aliphatic hydroxyl groups is 1. The Balaban J connectivity index is 2.47. The maximum absolute atomic E-state index is 10.3. The molecule has 0 saturated heterocycles. The van der Waals surface area contributed by atoms with Gasteiger partial charge < -0.3 is 5.11 Å². The Morgan fingerprint density at radius 3 is 2.62 bits per heavy atom. The summed E-state index contributed by atoms with van der Waals surface area (Å²) in [5.41, 5.74) is 0.724. The van der Waals surface area contributed by atoms with Crippen LogP contribution in [0.15, 0.2) is 36.7 Å². The Kier molecular flexibility index (Phi) is 2.99. The Labute approximate surface area is 99.5 Å². The van der Waals surface area contributed by atoms with Crippen molar-refractivity contribution in [3.05, 3.63) is 53.1 Å². The number of halogens is 1. The minimum absolute atomic E-state index is 0.580. The molecule has 0 radical (unpaired) electrons. The van der Waals surface area contributed by atoms with Crippen LogP contribution >= 0.6 is 11.6 Å². The van der Waals surface area contributed by atoms with E-state index in [0.29, 0.717) is 5.02 Å². The summed E-state index contributed by atoms with van der Waals surface area (Å²) in [7, 11) is 3.80. The zero-order valence-corrected chi connectivity index (χ0v) is 10.0. The third kappa shape index (κ3) is 1.84. The molecule has 0 aliphatic heterocycles. The molecular formula is C12H14ClN2O+. The van der Waals surface area contributed by atoms with Gasteiger partial charge in [-0.25, -0.2) is 9.13 Å². The average molecular weight is 238 g/mol. The Morgan fingerprint density at radius 2 is 2.06 bits per heavy atom. The van der Waals surface area contributed by atoms with E-state index >= 15 is 0 Å². The number of aryl methyl sites for hydroxylation is 2. The van der Waals surface area contributed by atoms with E-state index in [9.17, 15) is 5.11 Å². The van der Waals surface area contributed by atoms with E-state index in [1.54, 1.807) is 6.07 Å². The summed E-state index contributed by atoms with van der Waals surface area (Å²) in [6, 6.07) is 7.33. The van der Waals surface area contributed by atoms with Crippen LogP contribution < -0.4 is 4.57 Å². The molecular weight excluding hydrogens is 224 g/mol. The van der Waals surface area contributed by atoms with E-state index in [-0.39, 0.29) is 0 Å². The fourth-order valence-corrected chi connectivity index (χ4v) is 2.06. The summed E-state index contributed by atoms with van der Waals surface area (Å²) in [5.74, 6) is 0.799. The Morgan fingerprint density at radius 1 is 1.38 bits per heavy atom. The van der Waals surface area contributed by atoms with Crippen molar-refractivity contribution in [3.63, 3.8) is 0 Å². The van der Waals surface area contributed by atoms with Gasteiger partial charge in [0.05, 0.1) is 14.1 Å². The fraction of sp³-hybridized carbons (Fsp3) is 0.250. The van der Waals surface area contributed by atoms with Crippen molar-refractivity contribution in [1.82, 2.24) is 4.57 Å². The number of aromatic nitrogens is 2. The lowest BCUT2D eigenvalue weighted by Gasteiger charge is -2.09. The number of imidazole rings is 1. The van der Waals surface area contributed by atoms with Crippen molar-refractivity contribution in [2.24, 2.45) is 14.1 Å². The molecule has 0 amide bonds. The number of hydrogen-bond acceptors (Lipinski definition) is 1. The molecule has 4 heteroatoms. The SMILES string of the molecule is Cn1cc[n+](C)c1C(O)c1ccccc1Cl. The van der Waals surface area contributed by atoms with Gasteiger partial charge in [-0.05, 0) is 6.07 Å². The van der Waals surface area contributed by atoms with Gasteiger partial charge in [0.25, 0.3) is 5.82 Å². The first-order valence-electron chi connectivity index (χ1n) is 5.04. The highest BCUT2D eigenvalue weighted by molar-refractivity contribution is 6.31. The monoisotopic (exact) mass is 237 g/mol. The predicted molar refractivity (Wildman–Crippen MR) is 62.1 cm³/mol. The quantitative estimate of drug-likeness (QED) is 0.790. The van der Waals surface area contributed by atoms with Crippen molar-refractivity contribution in [3.8, 4) is 0 Å². The molecule has 0 aliphatic rings. The van der Waals surface area contributed by atoms with Crippen LogP contribution in [0.2, 0.25) is 5.02 Å². The molecule has 0 bridgehead atoms. The Bertz CT molecular complexity index is 488. The van der Waals surface area contributed by atoms with Crippen LogP contribution in [-0.2, 0) is 14.1 Å². The van der Waals surface area contributed by atoms with Crippen LogP contribution in [0.5, 0.6) is 0 Å². The van der Waals surface area contributed by atoms with Crippen molar-refractivity contribution >= 4 is 11.6 Å². The fourth-order valence-electron chi connectivity index (χ4n) is 1.82. The van der Waals surface area contributed by atoms with E-state index in [1.165, 1.54) is 0 Å². The number of aliphatic hydroxyl groups excluding tert-OH is 1. The number of hydrogen-bond donors (Lipinski definition) is 1. The standard InChI is InChI=1S/C12H14ClN2O/c1-14-7-8-15(2)12(14)11(16)9-5-3-4-6-10(9)13/h3-8,11,16H,1-2H3/q+1. The number of nitrogens with zero attached hydrogens (tertiary/aromatic N) is 2. The van der Waals surface area contributed by atoms with Crippen molar-refractivity contribution < 1.29 is 9.67 Å². The molecule has 84 valence electrons. The third-order valence-corrected chi connectivity index (χ3v) is 3.03. The van der Waals surface area contributed by atoms with Gasteiger partial charge in [-0.1, -0.05) is 29.8 Å². The highest BCUT2D eigenvalue weighted by atomic mass is 35.5. The molecule has 0 aliphatic carbocycles. The summed E-state index contributed by atoms with van der Waals surface area (Å²) in [6.45, 7) is 0. The van der Waals surface area contributed by atoms with E-state index in [2.05, 4.69) is 0 Å². The van der Waals surface area contributed by atoms with Crippen molar-refractivity contribution in [2.45, 2.75) is 6.10 Å². The lowest BCUT2D eigenvalue weighted by atomic mass is 10.1. The second kappa shape index (κ2) is 4.28. The second-order valence-electron chi connectivity index (χ2n) is 3.80. The minimum Gasteiger partial charge on any atom is -0.376 e. The first kappa shape index (κ1) is 11.2. The summed E-state index contributed by atoms with van der Waals surface area (Å²) >= 11 is 6.06. The molecule has 1 aromatic carbocycles. The zero-order valence-electron chi connectivity index (χ0n) is 9.26. The highest BCUT2D eigenvalue weighted by Gasteiger charge is 2.24. The van der Waals surface area contributed by atoms with Crippen LogP contribution in [0, 0.1) is 0 Å². The van der Waals surface area contributed by atoms with Crippen LogP contribution in [0.3, 0.4) is 0 Å². The number of benzene rings is 1. The topological polar surface area (TPSA) is 29.0 Å². The lowest BCUT2D eigenvalue weighted by Crippen LogP contribution is -2.34. The highest BCUT2D eigenvalue weighted by Crippen LogP contribution is 2.25. The molecule has 0 saturated carbocycles. The maximum Gasteiger partial charge on any atom is 0.290 e. The minimum atomic E-state index is -0.710. The normalized spacial score (nSPS) is 12.8. The van der Waals surface area contributed by atoms with Gasteiger partial charge in [-0.15, -0.1) is 0 Å². The zero-order chi connectivity index (χ0) is 11.7. The van der Waals surface area contributed by atoms with E-state index in [0.717, 1.165) is 11.4 Å². The molecule has 0 spiro atoms. The predicted octanol–water partition coefficient (Wildman–Crippen LogP) is 1.58. The van der Waals surface area contributed by atoms with E-state index in [4.69, 9.17) is 11.6 Å². The number of rotatable bonds is 2.